The van der Waals surface area contributed by atoms with E-state index < -0.39 is 0 Å². The summed E-state index contributed by atoms with van der Waals surface area (Å²) in [6.07, 6.45) is 0. The van der Waals surface area contributed by atoms with Gasteiger partial charge >= 0.3 is 0 Å². The minimum Gasteiger partial charge on any atom is -0.129 e. The van der Waals surface area contributed by atoms with Gasteiger partial charge in [-0.25, -0.2) is 0 Å². The molecule has 4 aromatic rings. The molecule has 1 aromatic carbocycles. The van der Waals surface area contributed by atoms with E-state index in [1.165, 1.54) is 35.3 Å². The molecule has 0 radical (unpaired) electrons. The molecule has 3 aromatic heterocycles. The maximum atomic E-state index is 2.41. The van der Waals surface area contributed by atoms with Crippen molar-refractivity contribution in [2.75, 3.05) is 0 Å². The van der Waals surface area contributed by atoms with Gasteiger partial charge < -0.3 is 0 Å². The third kappa shape index (κ3) is 1.77. The first-order chi connectivity index (χ1) is 8.20. The fourth-order valence-electron chi connectivity index (χ4n) is 2.04. The maximum absolute atomic E-state index is 2.41. The van der Waals surface area contributed by atoms with Crippen molar-refractivity contribution in [3.63, 3.8) is 0 Å². The van der Waals surface area contributed by atoms with Gasteiger partial charge in [0.05, 0.1) is 9.78 Å². The minimum absolute atomic E-state index is 1.37. The van der Waals surface area contributed by atoms with E-state index in [0.717, 1.165) is 0 Å². The Balaban J connectivity index is 2.23. The fourth-order valence-corrected chi connectivity index (χ4v) is 7.66. The van der Waals surface area contributed by atoms with Gasteiger partial charge in [-0.1, -0.05) is 0 Å². The summed E-state index contributed by atoms with van der Waals surface area (Å²) in [5, 5.41) is 4.24. The van der Waals surface area contributed by atoms with Crippen LogP contribution in [0.2, 0.25) is 0 Å². The number of hydrogen-bond acceptors (Lipinski definition) is 3. The number of hydrogen-bond donors (Lipinski definition) is 0. The normalized spacial score (nSPS) is 12.1. The second kappa shape index (κ2) is 4.03. The summed E-state index contributed by atoms with van der Waals surface area (Å²) in [6.45, 7) is 0. The van der Waals surface area contributed by atoms with E-state index in [9.17, 15) is 0 Å². The summed E-state index contributed by atoms with van der Waals surface area (Å²) in [6, 6.07) is 9.29. The highest BCUT2D eigenvalue weighted by Gasteiger charge is 2.10. The van der Waals surface area contributed by atoms with Gasteiger partial charge in [-0.15, -0.1) is 34.0 Å². The maximum Gasteiger partial charge on any atom is 0.0888 e. The van der Waals surface area contributed by atoms with Gasteiger partial charge in [0.2, 0.25) is 0 Å². The summed E-state index contributed by atoms with van der Waals surface area (Å²) in [7, 11) is 0. The highest BCUT2D eigenvalue weighted by molar-refractivity contribution is 14.1. The first kappa shape index (κ1) is 11.4. The van der Waals surface area contributed by atoms with Gasteiger partial charge in [-0.3, -0.25) is 0 Å². The van der Waals surface area contributed by atoms with E-state index in [2.05, 4.69) is 69.4 Å². The van der Waals surface area contributed by atoms with Crippen molar-refractivity contribution in [2.45, 2.75) is 0 Å². The quantitative estimate of drug-likeness (QED) is 0.242. The minimum atomic E-state index is 1.37. The molecule has 0 saturated heterocycles. The Kier molecular flexibility index (Phi) is 2.70. The predicted octanol–water partition coefficient (Wildman–Crippen LogP) is 6.54. The third-order valence-electron chi connectivity index (χ3n) is 2.75. The SMILES string of the molecule is Ic1cc2cc3c(cc2s1)sc1sc(I)cc13. The van der Waals surface area contributed by atoms with Crippen molar-refractivity contribution in [3.8, 4) is 0 Å². The smallest absolute Gasteiger partial charge is 0.0888 e. The monoisotopic (exact) mass is 498 g/mol. The van der Waals surface area contributed by atoms with Gasteiger partial charge in [-0.2, -0.15) is 0 Å². The van der Waals surface area contributed by atoms with Gasteiger partial charge in [0, 0.05) is 20.2 Å². The average molecular weight is 498 g/mol. The van der Waals surface area contributed by atoms with Crippen molar-refractivity contribution in [1.29, 1.82) is 0 Å². The van der Waals surface area contributed by atoms with Crippen molar-refractivity contribution >= 4 is 109 Å². The standard InChI is InChI=1S/C12H4I2S3/c13-10-2-5-1-6-7-3-11(14)17-12(7)16-9(6)4-8(5)15-10/h1-4H. The van der Waals surface area contributed by atoms with Crippen LogP contribution in [0.3, 0.4) is 0 Å². The van der Waals surface area contributed by atoms with Crippen molar-refractivity contribution in [2.24, 2.45) is 0 Å². The summed E-state index contributed by atoms with van der Waals surface area (Å²) >= 11 is 10.5. The van der Waals surface area contributed by atoms with Crippen LogP contribution in [0.1, 0.15) is 0 Å². The molecular weight excluding hydrogens is 494 g/mol. The first-order valence-corrected chi connectivity index (χ1v) is 9.52. The molecule has 0 aliphatic heterocycles. The molecule has 0 spiro atoms. The first-order valence-electron chi connectivity index (χ1n) is 4.91. The second-order valence-corrected chi connectivity index (χ2v) is 11.0. The number of halogens is 2. The topological polar surface area (TPSA) is 0 Å². The lowest BCUT2D eigenvalue weighted by Crippen LogP contribution is -1.64. The largest absolute Gasteiger partial charge is 0.129 e. The number of benzene rings is 1. The van der Waals surface area contributed by atoms with E-state index in [4.69, 9.17) is 0 Å². The summed E-state index contributed by atoms with van der Waals surface area (Å²) in [4.78, 5) is 0. The molecule has 0 amide bonds. The highest BCUT2D eigenvalue weighted by Crippen LogP contribution is 2.42. The predicted molar refractivity (Wildman–Crippen MR) is 98.0 cm³/mol. The Morgan fingerprint density at radius 2 is 1.53 bits per heavy atom. The lowest BCUT2D eigenvalue weighted by atomic mass is 10.2. The molecule has 3 heterocycles. The molecule has 0 saturated carbocycles. The Bertz CT molecular complexity index is 857. The summed E-state index contributed by atoms with van der Waals surface area (Å²) < 4.78 is 7.03. The second-order valence-electron chi connectivity index (χ2n) is 3.79. The lowest BCUT2D eigenvalue weighted by Gasteiger charge is -1.91. The molecule has 17 heavy (non-hydrogen) atoms. The van der Waals surface area contributed by atoms with E-state index in [-0.39, 0.29) is 0 Å². The zero-order chi connectivity index (χ0) is 11.6. The molecular formula is C12H4I2S3. The number of fused-ring (bicyclic) bond motifs is 4. The van der Waals surface area contributed by atoms with E-state index in [0.29, 0.717) is 0 Å². The molecule has 0 fully saturated rings. The van der Waals surface area contributed by atoms with Crippen LogP contribution in [0.15, 0.2) is 24.3 Å². The molecule has 4 rings (SSSR count). The van der Waals surface area contributed by atoms with Crippen LogP contribution in [0, 0.1) is 5.77 Å². The Hall–Kier alpha value is 0.560. The molecule has 0 atom stereocenters. The van der Waals surface area contributed by atoms with Crippen molar-refractivity contribution in [3.05, 3.63) is 30.0 Å². The molecule has 0 N–H and O–H groups in total. The lowest BCUT2D eigenvalue weighted by molar-refractivity contribution is 2.00. The van der Waals surface area contributed by atoms with Crippen LogP contribution >= 0.6 is 79.2 Å². The van der Waals surface area contributed by atoms with Crippen molar-refractivity contribution in [1.82, 2.24) is 0 Å². The van der Waals surface area contributed by atoms with Gasteiger partial charge in [0.25, 0.3) is 0 Å². The van der Waals surface area contributed by atoms with E-state index >= 15 is 0 Å². The van der Waals surface area contributed by atoms with Crippen molar-refractivity contribution < 1.29 is 0 Å². The molecule has 84 valence electrons. The van der Waals surface area contributed by atoms with Crippen LogP contribution in [0.5, 0.6) is 0 Å². The number of thiophene rings is 3. The number of rotatable bonds is 0. The van der Waals surface area contributed by atoms with Gasteiger partial charge in [-0.05, 0) is 74.8 Å². The van der Waals surface area contributed by atoms with Crippen LogP contribution in [0.25, 0.3) is 29.6 Å². The summed E-state index contributed by atoms with van der Waals surface area (Å²) in [5.41, 5.74) is 0. The molecule has 0 unspecified atom stereocenters. The molecule has 0 aliphatic carbocycles. The van der Waals surface area contributed by atoms with Gasteiger partial charge in [0.1, 0.15) is 0 Å². The van der Waals surface area contributed by atoms with E-state index in [1.54, 1.807) is 0 Å². The zero-order valence-electron chi connectivity index (χ0n) is 8.29. The Morgan fingerprint density at radius 1 is 0.706 bits per heavy atom. The molecule has 5 heteroatoms. The zero-order valence-corrected chi connectivity index (χ0v) is 15.1. The average Bonchev–Trinajstić information content (AvgIpc) is 2.86. The van der Waals surface area contributed by atoms with E-state index in [1.807, 2.05) is 34.0 Å². The van der Waals surface area contributed by atoms with Crippen LogP contribution in [-0.2, 0) is 0 Å². The summed E-state index contributed by atoms with van der Waals surface area (Å²) in [5.74, 6) is 0. The Labute approximate surface area is 137 Å². The van der Waals surface area contributed by atoms with Crippen LogP contribution in [0.4, 0.5) is 0 Å². The third-order valence-corrected chi connectivity index (χ3v) is 7.76. The molecule has 0 aliphatic rings. The van der Waals surface area contributed by atoms with Crippen LogP contribution < -0.4 is 0 Å². The highest BCUT2D eigenvalue weighted by atomic mass is 127. The Morgan fingerprint density at radius 3 is 2.41 bits per heavy atom. The fraction of sp³-hybridized carbons (Fsp3) is 0. The molecule has 0 bridgehead atoms. The van der Waals surface area contributed by atoms with Crippen LogP contribution in [-0.4, -0.2) is 0 Å². The molecule has 0 nitrogen and oxygen atoms in total. The van der Waals surface area contributed by atoms with Gasteiger partial charge in [0.15, 0.2) is 0 Å².